The molecule has 16 heteroatoms. The Kier molecular flexibility index (Phi) is 7.90. The van der Waals surface area contributed by atoms with Gasteiger partial charge in [0.25, 0.3) is 11.1 Å². The van der Waals surface area contributed by atoms with Crippen molar-refractivity contribution in [2.45, 2.75) is 49.7 Å². The first-order chi connectivity index (χ1) is 16.0. The summed E-state index contributed by atoms with van der Waals surface area (Å²) in [5.74, 6) is -2.23. The molecule has 0 saturated carbocycles. The van der Waals surface area contributed by atoms with Crippen molar-refractivity contribution in [1.82, 2.24) is 19.1 Å². The van der Waals surface area contributed by atoms with E-state index in [0.29, 0.717) is 0 Å². The number of aliphatic hydroxyl groups is 4. The first-order valence-electron chi connectivity index (χ1n) is 9.96. The van der Waals surface area contributed by atoms with E-state index < -0.39 is 84.2 Å². The molecule has 0 unspecified atom stereocenters. The highest BCUT2D eigenvalue weighted by Crippen LogP contribution is 2.28. The van der Waals surface area contributed by atoms with Crippen molar-refractivity contribution in [3.8, 4) is 0 Å². The molecule has 0 radical (unpaired) electrons. The molecule has 14 nitrogen and oxygen atoms in total. The summed E-state index contributed by atoms with van der Waals surface area (Å²) in [6, 6.07) is 0. The van der Waals surface area contributed by atoms with Crippen molar-refractivity contribution in [2.75, 3.05) is 13.2 Å². The second kappa shape index (κ2) is 10.5. The van der Waals surface area contributed by atoms with Crippen molar-refractivity contribution < 1.29 is 38.7 Å². The number of aromatic nitrogens is 4. The number of H-pyrrole nitrogens is 2. The number of hydrogen-bond acceptors (Lipinski definition) is 10. The number of aromatic amines is 2. The summed E-state index contributed by atoms with van der Waals surface area (Å²) < 4.78 is 38.0. The van der Waals surface area contributed by atoms with Gasteiger partial charge in [0.1, 0.15) is 24.7 Å². The van der Waals surface area contributed by atoms with E-state index in [-0.39, 0.29) is 12.8 Å². The number of ether oxygens (including phenoxy) is 2. The molecule has 2 aromatic rings. The lowest BCUT2D eigenvalue weighted by Gasteiger charge is -2.13. The van der Waals surface area contributed by atoms with Gasteiger partial charge in [-0.1, -0.05) is 0 Å². The summed E-state index contributed by atoms with van der Waals surface area (Å²) >= 11 is 0. The third-order valence-corrected chi connectivity index (χ3v) is 5.24. The van der Waals surface area contributed by atoms with E-state index in [9.17, 15) is 38.2 Å². The monoisotopic (exact) mass is 492 g/mol. The highest BCUT2D eigenvalue weighted by atomic mass is 19.1. The number of aliphatic hydroxyl groups excluding tert-OH is 4. The van der Waals surface area contributed by atoms with Crippen LogP contribution in [0.5, 0.6) is 0 Å². The third kappa shape index (κ3) is 5.37. The highest BCUT2D eigenvalue weighted by Gasteiger charge is 2.36. The molecule has 34 heavy (non-hydrogen) atoms. The van der Waals surface area contributed by atoms with E-state index in [0.717, 1.165) is 21.5 Å². The maximum atomic E-state index is 13.0. The summed E-state index contributed by atoms with van der Waals surface area (Å²) in [5.41, 5.74) is -3.87. The average Bonchev–Trinajstić information content (AvgIpc) is 3.35. The number of nitrogens with one attached hydrogen (secondary N) is 2. The molecule has 188 valence electrons. The molecule has 6 atom stereocenters. The number of hydrogen-bond donors (Lipinski definition) is 6. The number of halogens is 2. The fourth-order valence-electron chi connectivity index (χ4n) is 3.45. The van der Waals surface area contributed by atoms with Gasteiger partial charge in [0.05, 0.1) is 37.8 Å². The molecule has 0 bridgehead atoms. The lowest BCUT2D eigenvalue weighted by Crippen LogP contribution is -2.34. The van der Waals surface area contributed by atoms with Gasteiger partial charge in [0.15, 0.2) is 0 Å². The maximum absolute atomic E-state index is 13.0. The van der Waals surface area contributed by atoms with E-state index in [1.807, 2.05) is 0 Å². The van der Waals surface area contributed by atoms with Crippen molar-refractivity contribution >= 4 is 0 Å². The number of nitrogens with zero attached hydrogens (tertiary/aromatic N) is 2. The molecule has 6 N–H and O–H groups in total. The number of rotatable bonds is 4. The molecule has 2 aliphatic rings. The van der Waals surface area contributed by atoms with Gasteiger partial charge in [-0.05, 0) is 0 Å². The van der Waals surface area contributed by atoms with Crippen LogP contribution in [0.3, 0.4) is 0 Å². The largest absolute Gasteiger partial charge is 0.394 e. The van der Waals surface area contributed by atoms with Gasteiger partial charge >= 0.3 is 11.4 Å². The molecule has 0 amide bonds. The van der Waals surface area contributed by atoms with Gasteiger partial charge in [-0.3, -0.25) is 28.7 Å². The summed E-state index contributed by atoms with van der Waals surface area (Å²) in [5, 5.41) is 36.7. The van der Waals surface area contributed by atoms with Crippen LogP contribution in [0, 0.1) is 11.6 Å². The predicted octanol–water partition coefficient (Wildman–Crippen LogP) is -3.37. The Morgan fingerprint density at radius 3 is 1.44 bits per heavy atom. The Labute approximate surface area is 187 Å². The van der Waals surface area contributed by atoms with Crippen LogP contribution in [-0.2, 0) is 9.47 Å². The topological polar surface area (TPSA) is 209 Å². The van der Waals surface area contributed by atoms with Crippen molar-refractivity contribution in [1.29, 1.82) is 0 Å². The lowest BCUT2D eigenvalue weighted by atomic mass is 10.2. The van der Waals surface area contributed by atoms with Gasteiger partial charge < -0.3 is 29.9 Å². The van der Waals surface area contributed by atoms with E-state index in [1.165, 1.54) is 0 Å². The van der Waals surface area contributed by atoms with Crippen molar-refractivity contribution in [3.63, 3.8) is 0 Å². The normalized spacial score (nSPS) is 28.5. The third-order valence-electron chi connectivity index (χ3n) is 5.24. The van der Waals surface area contributed by atoms with Gasteiger partial charge in [-0.2, -0.15) is 8.78 Å². The minimum Gasteiger partial charge on any atom is -0.394 e. The Hall–Kier alpha value is -3.02. The molecule has 0 aliphatic carbocycles. The fourth-order valence-corrected chi connectivity index (χ4v) is 3.45. The zero-order valence-electron chi connectivity index (χ0n) is 17.3. The molecule has 2 aromatic heterocycles. The fraction of sp³-hybridized carbons (Fsp3) is 0.556. The Bertz CT molecular complexity index is 1150. The highest BCUT2D eigenvalue weighted by molar-refractivity contribution is 4.92. The second-order valence-corrected chi connectivity index (χ2v) is 7.52. The van der Waals surface area contributed by atoms with Crippen LogP contribution >= 0.6 is 0 Å². The van der Waals surface area contributed by atoms with Crippen molar-refractivity contribution in [3.05, 3.63) is 65.7 Å². The minimum absolute atomic E-state index is 0.0383. The molecule has 2 saturated heterocycles. The smallest absolute Gasteiger partial charge is 0.330 e. The molecule has 0 aromatic carbocycles. The summed E-state index contributed by atoms with van der Waals surface area (Å²) in [6.07, 6.45) is -3.80. The summed E-state index contributed by atoms with van der Waals surface area (Å²) in [4.78, 5) is 48.0. The van der Waals surface area contributed by atoms with Crippen molar-refractivity contribution in [2.24, 2.45) is 0 Å². The zero-order chi connectivity index (χ0) is 25.2. The first kappa shape index (κ1) is 25.6. The van der Waals surface area contributed by atoms with Gasteiger partial charge in [0.2, 0.25) is 11.6 Å². The van der Waals surface area contributed by atoms with Crippen LogP contribution in [0.2, 0.25) is 0 Å². The predicted molar refractivity (Wildman–Crippen MR) is 106 cm³/mol. The van der Waals surface area contributed by atoms with E-state index in [2.05, 4.69) is 0 Å². The van der Waals surface area contributed by atoms with Gasteiger partial charge in [-0.15, -0.1) is 0 Å². The maximum Gasteiger partial charge on any atom is 0.330 e. The molecule has 4 heterocycles. The van der Waals surface area contributed by atoms with Crippen LogP contribution in [0.25, 0.3) is 0 Å². The lowest BCUT2D eigenvalue weighted by molar-refractivity contribution is -0.0462. The van der Waals surface area contributed by atoms with Gasteiger partial charge in [0, 0.05) is 12.8 Å². The van der Waals surface area contributed by atoms with Crippen LogP contribution in [0.15, 0.2) is 31.6 Å². The van der Waals surface area contributed by atoms with Crippen LogP contribution < -0.4 is 22.5 Å². The molecule has 4 rings (SSSR count). The second-order valence-electron chi connectivity index (χ2n) is 7.52. The Morgan fingerprint density at radius 2 is 1.15 bits per heavy atom. The van der Waals surface area contributed by atoms with E-state index in [1.54, 1.807) is 9.97 Å². The van der Waals surface area contributed by atoms with Gasteiger partial charge in [-0.25, -0.2) is 9.59 Å². The van der Waals surface area contributed by atoms with Crippen LogP contribution in [-0.4, -0.2) is 77.2 Å². The first-order valence-corrected chi connectivity index (χ1v) is 9.96. The van der Waals surface area contributed by atoms with E-state index in [4.69, 9.17) is 19.7 Å². The zero-order valence-corrected chi connectivity index (χ0v) is 17.3. The van der Waals surface area contributed by atoms with Crippen LogP contribution in [0.4, 0.5) is 8.78 Å². The molecular formula is C18H22F2N4O10. The van der Waals surface area contributed by atoms with E-state index >= 15 is 0 Å². The standard InChI is InChI=1S/2C9H11FN2O5/c2*10-4-2-12(9(16)11-8(4)15)7-1-5(14)6(3-13)17-7/h2*2,5-7,13-14H,1,3H2,(H,11,15,16)/t2*5-,6+,7+/m00/s1. The summed E-state index contributed by atoms with van der Waals surface area (Å²) in [7, 11) is 0. The summed E-state index contributed by atoms with van der Waals surface area (Å²) in [6.45, 7) is -0.809. The Morgan fingerprint density at radius 1 is 0.794 bits per heavy atom. The molecule has 0 spiro atoms. The SMILES string of the molecule is O=c1[nH]c(=O)n([C@H]2C[C@H](O)[C@@H](CO)O2)cc1F.O=c1[nH]c(=O)n([C@H]2C[C@H](O)[C@@H](CO)O2)cc1F. The molecule has 2 fully saturated rings. The Balaban J connectivity index is 0.000000191. The molecule has 2 aliphatic heterocycles. The van der Waals surface area contributed by atoms with Crippen LogP contribution in [0.1, 0.15) is 25.3 Å². The quantitative estimate of drug-likeness (QED) is 0.250. The average molecular weight is 492 g/mol. The molecular weight excluding hydrogens is 470 g/mol. The minimum atomic E-state index is -1.12.